The summed E-state index contributed by atoms with van der Waals surface area (Å²) in [6.07, 6.45) is 1.69. The predicted octanol–water partition coefficient (Wildman–Crippen LogP) is 0.331. The van der Waals surface area contributed by atoms with Crippen LogP contribution in [0.4, 0.5) is 0 Å². The van der Waals surface area contributed by atoms with E-state index in [1.54, 1.807) is 6.08 Å². The zero-order chi connectivity index (χ0) is 4.12. The number of hydrogen-bond acceptors (Lipinski definition) is 1. The molecule has 0 aromatic rings. The molecule has 0 radical (unpaired) electrons. The molecule has 0 N–H and O–H groups in total. The zero-order valence-electron chi connectivity index (χ0n) is 2.98. The van der Waals surface area contributed by atoms with Crippen molar-refractivity contribution in [3.05, 3.63) is 12.7 Å². The van der Waals surface area contributed by atoms with Crippen LogP contribution in [0.25, 0.3) is 0 Å². The molecule has 1 unspecified atom stereocenters. The fourth-order valence-corrected chi connectivity index (χ4v) is 0.204. The summed E-state index contributed by atoms with van der Waals surface area (Å²) in [6, 6.07) is 0. The monoisotopic (exact) mass is 114 g/mol. The molecule has 0 aliphatic carbocycles. The third-order valence-electron chi connectivity index (χ3n) is 0.214. The van der Waals surface area contributed by atoms with Crippen molar-refractivity contribution < 1.29 is 4.52 Å². The van der Waals surface area contributed by atoms with E-state index >= 15 is 0 Å². The van der Waals surface area contributed by atoms with Crippen LogP contribution in [0.3, 0.4) is 0 Å². The van der Waals surface area contributed by atoms with Crippen LogP contribution < -0.4 is 0 Å². The van der Waals surface area contributed by atoms with Gasteiger partial charge in [-0.3, -0.25) is 0 Å². The van der Waals surface area contributed by atoms with Crippen molar-refractivity contribution in [3.63, 3.8) is 0 Å². The molecule has 32 valence electrons. The second kappa shape index (κ2) is 9.46. The molecule has 0 saturated carbocycles. The minimum absolute atomic E-state index is 0. The van der Waals surface area contributed by atoms with Gasteiger partial charge in [-0.25, -0.2) is 0 Å². The second-order valence-electron chi connectivity index (χ2n) is 0.622. The molecule has 0 aromatic carbocycles. The summed E-state index contributed by atoms with van der Waals surface area (Å²) in [7, 11) is 2.13. The van der Waals surface area contributed by atoms with E-state index in [0.717, 1.165) is 0 Å². The van der Waals surface area contributed by atoms with Gasteiger partial charge in [0.2, 0.25) is 0 Å². The van der Waals surface area contributed by atoms with E-state index in [-0.39, 0.29) is 29.6 Å². The Labute approximate surface area is 62.7 Å². The number of hydrogen-bond donors (Lipinski definition) is 0. The van der Waals surface area contributed by atoms with E-state index in [4.69, 9.17) is 0 Å². The van der Waals surface area contributed by atoms with E-state index in [2.05, 4.69) is 20.6 Å². The van der Waals surface area contributed by atoms with Gasteiger partial charge in [-0.05, 0) is 0 Å². The van der Waals surface area contributed by atoms with Gasteiger partial charge in [0.05, 0.1) is 6.61 Å². The van der Waals surface area contributed by atoms with Crippen LogP contribution in [-0.2, 0) is 4.52 Å². The van der Waals surface area contributed by atoms with Crippen molar-refractivity contribution in [2.24, 2.45) is 0 Å². The van der Waals surface area contributed by atoms with Gasteiger partial charge in [0.15, 0.2) is 0 Å². The fourth-order valence-electron chi connectivity index (χ4n) is 0.0680. The molecule has 1 nitrogen and oxygen atoms in total. The Morgan fingerprint density at radius 1 is 1.83 bits per heavy atom. The maximum atomic E-state index is 4.49. The normalized spacial score (nSPS) is 6.17. The molecule has 0 aliphatic rings. The molecule has 0 aromatic heterocycles. The molecule has 6 heavy (non-hydrogen) atoms. The molecule has 3 heteroatoms. The first-order chi connectivity index (χ1) is 2.41. The van der Waals surface area contributed by atoms with E-state index in [9.17, 15) is 0 Å². The number of rotatable bonds is 2. The molecule has 0 spiro atoms. The summed E-state index contributed by atoms with van der Waals surface area (Å²) in [4.78, 5) is 0. The van der Waals surface area contributed by atoms with Crippen LogP contribution in [0.5, 0.6) is 0 Å². The van der Waals surface area contributed by atoms with Crippen LogP contribution in [0.15, 0.2) is 12.7 Å². The molecule has 1 atom stereocenters. The van der Waals surface area contributed by atoms with E-state index in [1.165, 1.54) is 0 Å². The molecule has 0 rings (SSSR count). The van der Waals surface area contributed by atoms with E-state index in [0.29, 0.717) is 6.61 Å². The Morgan fingerprint density at radius 2 is 2.33 bits per heavy atom. The van der Waals surface area contributed by atoms with Crippen LogP contribution in [0, 0.1) is 0 Å². The van der Waals surface area contributed by atoms with Crippen molar-refractivity contribution in [1.29, 1.82) is 0 Å². The summed E-state index contributed by atoms with van der Waals surface area (Å²) in [5, 5.41) is 0. The first-order valence-corrected chi connectivity index (χ1v) is 1.81. The SMILES string of the molecule is C=CCOP.[NaH]. The second-order valence-corrected chi connectivity index (χ2v) is 0.955. The van der Waals surface area contributed by atoms with Crippen molar-refractivity contribution in [1.82, 2.24) is 0 Å². The van der Waals surface area contributed by atoms with Crippen molar-refractivity contribution in [3.8, 4) is 0 Å². The first-order valence-electron chi connectivity index (χ1n) is 1.34. The van der Waals surface area contributed by atoms with Crippen LogP contribution in [-0.4, -0.2) is 36.2 Å². The van der Waals surface area contributed by atoms with Gasteiger partial charge in [0, 0.05) is 9.47 Å². The molecular weight excluding hydrogens is 106 g/mol. The molecule has 0 amide bonds. The Kier molecular flexibility index (Phi) is 16.0. The van der Waals surface area contributed by atoms with Gasteiger partial charge in [-0.2, -0.15) is 0 Å². The molecule has 0 bridgehead atoms. The summed E-state index contributed by atoms with van der Waals surface area (Å²) >= 11 is 0. The Morgan fingerprint density at radius 3 is 2.33 bits per heavy atom. The van der Waals surface area contributed by atoms with Gasteiger partial charge < -0.3 is 4.52 Å². The van der Waals surface area contributed by atoms with E-state index < -0.39 is 0 Å². The standard InChI is InChI=1S/C3H7OP.Na.H/c1-2-3-4-5;;/h2H,1,3,5H2;;. The van der Waals surface area contributed by atoms with Crippen LogP contribution in [0.2, 0.25) is 0 Å². The minimum atomic E-state index is 0. The van der Waals surface area contributed by atoms with Crippen LogP contribution >= 0.6 is 9.47 Å². The summed E-state index contributed by atoms with van der Waals surface area (Å²) < 4.78 is 4.49. The summed E-state index contributed by atoms with van der Waals surface area (Å²) in [5.41, 5.74) is 0. The van der Waals surface area contributed by atoms with Crippen LogP contribution in [0.1, 0.15) is 0 Å². The summed E-state index contributed by atoms with van der Waals surface area (Å²) in [5.74, 6) is 0. The van der Waals surface area contributed by atoms with Gasteiger partial charge in [0.1, 0.15) is 0 Å². The molecule has 0 saturated heterocycles. The fraction of sp³-hybridized carbons (Fsp3) is 0.333. The Balaban J connectivity index is 0. The summed E-state index contributed by atoms with van der Waals surface area (Å²) in [6.45, 7) is 4.03. The van der Waals surface area contributed by atoms with E-state index in [1.807, 2.05) is 0 Å². The van der Waals surface area contributed by atoms with Crippen molar-refractivity contribution in [2.45, 2.75) is 0 Å². The first kappa shape index (κ1) is 10.2. The van der Waals surface area contributed by atoms with Crippen molar-refractivity contribution in [2.75, 3.05) is 6.61 Å². The zero-order valence-corrected chi connectivity index (χ0v) is 4.13. The average Bonchev–Trinajstić information content (AvgIpc) is 1.41. The average molecular weight is 114 g/mol. The van der Waals surface area contributed by atoms with Gasteiger partial charge in [-0.1, -0.05) is 6.08 Å². The predicted molar refractivity (Wildman–Crippen MR) is 33.0 cm³/mol. The molecule has 0 aliphatic heterocycles. The van der Waals surface area contributed by atoms with Gasteiger partial charge in [0.25, 0.3) is 0 Å². The third-order valence-corrected chi connectivity index (χ3v) is 0.407. The third kappa shape index (κ3) is 8.93. The van der Waals surface area contributed by atoms with Gasteiger partial charge in [-0.15, -0.1) is 6.58 Å². The van der Waals surface area contributed by atoms with Crippen molar-refractivity contribution >= 4 is 39.0 Å². The Hall–Kier alpha value is 1.13. The molecule has 0 fully saturated rings. The quantitative estimate of drug-likeness (QED) is 0.285. The topological polar surface area (TPSA) is 9.23 Å². The molecule has 0 heterocycles. The van der Waals surface area contributed by atoms with Gasteiger partial charge >= 0.3 is 29.6 Å². The maximum absolute atomic E-state index is 4.49. The Bertz CT molecular complexity index is 32.0. The molecular formula is C3H8NaOP.